The number of ether oxygens (including phenoxy) is 4. The van der Waals surface area contributed by atoms with Crippen LogP contribution in [0.4, 0.5) is 0 Å². The van der Waals surface area contributed by atoms with E-state index in [-0.39, 0.29) is 25.7 Å². The fourth-order valence-corrected chi connectivity index (χ4v) is 11.7. The Morgan fingerprint density at radius 3 is 0.709 bits per heavy atom. The highest BCUT2D eigenvalue weighted by molar-refractivity contribution is 7.47. The van der Waals surface area contributed by atoms with E-state index < -0.39 is 97.5 Å². The van der Waals surface area contributed by atoms with Crippen molar-refractivity contribution in [1.82, 2.24) is 0 Å². The molecular weight excluding hydrogens is 1430 g/mol. The summed E-state index contributed by atoms with van der Waals surface area (Å²) in [5.41, 5.74) is 0. The number of phosphoric ester groups is 2. The molecular formula is C91H144O17P2. The van der Waals surface area contributed by atoms with Crippen molar-refractivity contribution < 1.29 is 80.2 Å². The third-order valence-electron chi connectivity index (χ3n) is 16.2. The summed E-state index contributed by atoms with van der Waals surface area (Å²) in [7, 11) is -10.0. The van der Waals surface area contributed by atoms with Gasteiger partial charge in [-0.1, -0.05) is 279 Å². The van der Waals surface area contributed by atoms with E-state index >= 15 is 0 Å². The molecule has 5 unspecified atom stereocenters. The zero-order valence-electron chi connectivity index (χ0n) is 67.8. The van der Waals surface area contributed by atoms with Gasteiger partial charge in [-0.3, -0.25) is 37.3 Å². The lowest BCUT2D eigenvalue weighted by molar-refractivity contribution is -0.161. The van der Waals surface area contributed by atoms with Gasteiger partial charge in [-0.2, -0.15) is 0 Å². The fourth-order valence-electron chi connectivity index (χ4n) is 10.1. The molecule has 0 fully saturated rings. The molecule has 0 bridgehead atoms. The van der Waals surface area contributed by atoms with Gasteiger partial charge in [0.15, 0.2) is 12.2 Å². The van der Waals surface area contributed by atoms with Gasteiger partial charge < -0.3 is 33.8 Å². The van der Waals surface area contributed by atoms with Gasteiger partial charge >= 0.3 is 39.5 Å². The summed E-state index contributed by atoms with van der Waals surface area (Å²) < 4.78 is 68.6. The molecule has 0 amide bonds. The zero-order valence-corrected chi connectivity index (χ0v) is 69.6. The largest absolute Gasteiger partial charge is 0.472 e. The summed E-state index contributed by atoms with van der Waals surface area (Å²) in [6.07, 6.45) is 101. The number of aliphatic hydroxyl groups excluding tert-OH is 1. The predicted molar refractivity (Wildman–Crippen MR) is 454 cm³/mol. The average molecular weight is 1570 g/mol. The molecule has 17 nitrogen and oxygen atoms in total. The highest BCUT2D eigenvalue weighted by Crippen LogP contribution is 2.45. The first-order valence-corrected chi connectivity index (χ1v) is 44.3. The summed E-state index contributed by atoms with van der Waals surface area (Å²) in [6.45, 7) is 4.27. The second-order valence-corrected chi connectivity index (χ2v) is 29.4. The van der Waals surface area contributed by atoms with Gasteiger partial charge in [-0.15, -0.1) is 0 Å². The van der Waals surface area contributed by atoms with Gasteiger partial charge in [0.05, 0.1) is 26.4 Å². The molecule has 0 aliphatic carbocycles. The van der Waals surface area contributed by atoms with Gasteiger partial charge in [-0.05, 0) is 186 Å². The molecule has 0 aliphatic heterocycles. The lowest BCUT2D eigenvalue weighted by Gasteiger charge is -2.21. The van der Waals surface area contributed by atoms with Gasteiger partial charge in [-0.25, -0.2) is 9.13 Å². The number of aliphatic hydroxyl groups is 1. The summed E-state index contributed by atoms with van der Waals surface area (Å²) in [6, 6.07) is 0. The fraction of sp³-hybridized carbons (Fsp3) is 0.582. The second-order valence-electron chi connectivity index (χ2n) is 26.5. The van der Waals surface area contributed by atoms with E-state index in [4.69, 9.17) is 37.0 Å². The van der Waals surface area contributed by atoms with E-state index in [1.807, 2.05) is 0 Å². The Balaban J connectivity index is 5.51. The lowest BCUT2D eigenvalue weighted by atomic mass is 10.1. The molecule has 3 N–H and O–H groups in total. The minimum atomic E-state index is -5.01. The molecule has 5 atom stereocenters. The smallest absolute Gasteiger partial charge is 0.462 e. The summed E-state index contributed by atoms with van der Waals surface area (Å²) >= 11 is 0. The third kappa shape index (κ3) is 79.7. The second kappa shape index (κ2) is 80.7. The normalized spacial score (nSPS) is 14.9. The Morgan fingerprint density at radius 1 is 0.255 bits per heavy atom. The maximum atomic E-state index is 13.1. The number of carbonyl (C=O) groups is 4. The number of rotatable bonds is 75. The van der Waals surface area contributed by atoms with Crippen molar-refractivity contribution in [1.29, 1.82) is 0 Å². The molecule has 110 heavy (non-hydrogen) atoms. The van der Waals surface area contributed by atoms with Crippen LogP contribution in [0, 0.1) is 0 Å². The van der Waals surface area contributed by atoms with Crippen molar-refractivity contribution in [3.05, 3.63) is 207 Å². The number of carbonyl (C=O) groups excluding carboxylic acids is 4. The SMILES string of the molecule is CC/C=C\C/C=C\C/C=C\C/C=C\C/C=C\CCCCCC(=O)OCC(COP(=O)(O)OCC(O)COP(=O)(O)OCC(COC(=O)CCCCCCCCC/C=C\C/C=C\C/C=C\CC)OC(=O)CCCC/C=C\C/C=C\C/C=C\C/C=C\CC)OC(=O)CCCCC/C=C\C/C=C\C/C=C\C/C=C\C/C=C\CC. The van der Waals surface area contributed by atoms with Gasteiger partial charge in [0.2, 0.25) is 0 Å². The van der Waals surface area contributed by atoms with E-state index in [0.29, 0.717) is 32.1 Å². The third-order valence-corrected chi connectivity index (χ3v) is 18.1. The number of hydrogen-bond acceptors (Lipinski definition) is 15. The Bertz CT molecular complexity index is 2900. The number of hydrogen-bond donors (Lipinski definition) is 3. The number of phosphoric acid groups is 2. The summed E-state index contributed by atoms with van der Waals surface area (Å²) in [4.78, 5) is 73.2. The number of unbranched alkanes of at least 4 members (excludes halogenated alkanes) is 15. The van der Waals surface area contributed by atoms with Crippen LogP contribution in [0.3, 0.4) is 0 Å². The summed E-state index contributed by atoms with van der Waals surface area (Å²) in [5.74, 6) is -2.33. The maximum Gasteiger partial charge on any atom is 0.472 e. The van der Waals surface area contributed by atoms with E-state index in [1.165, 1.54) is 0 Å². The molecule has 0 spiro atoms. The standard InChI is InChI=1S/C91H144O17P2/c1-5-9-13-17-21-25-29-33-37-40-42-45-49-52-56-60-64-68-72-76-89(94)102-82-87(108-91(96)78-74-70-66-62-58-54-50-46-43-41-38-34-30-26-22-18-14-10-6-2)84-106-110(99,100)104-80-85(92)79-103-109(97,98)105-83-86(107-90(95)77-73-69-65-61-57-53-47-36-32-28-24-20-16-12-8-4)81-101-88(93)75-71-67-63-59-55-51-48-44-39-35-31-27-23-19-15-11-7-3/h9-16,21-28,33-39,42-43,45-47,52,54,56-58,61,85-87,92H,5-8,17-20,29-32,40-41,44,48-51,53,55,59-60,62-84H2,1-4H3,(H,97,98)(H,99,100)/b13-9-,14-10-,15-11-,16-12-,25-21-,26-22-,27-23-,28-24-,37-33-,38-34-,39-35-,45-42-,46-43-,47-36-,56-52-,58-54-,61-57-. The van der Waals surface area contributed by atoms with Crippen molar-refractivity contribution in [3.63, 3.8) is 0 Å². The van der Waals surface area contributed by atoms with Crippen LogP contribution in [-0.2, 0) is 65.4 Å². The Hall–Kier alpha value is -6.36. The van der Waals surface area contributed by atoms with Crippen LogP contribution in [0.2, 0.25) is 0 Å². The van der Waals surface area contributed by atoms with E-state index in [0.717, 1.165) is 199 Å². The predicted octanol–water partition coefficient (Wildman–Crippen LogP) is 24.7. The molecule has 0 aromatic rings. The van der Waals surface area contributed by atoms with Crippen molar-refractivity contribution in [3.8, 4) is 0 Å². The van der Waals surface area contributed by atoms with Crippen LogP contribution in [0.15, 0.2) is 207 Å². The van der Waals surface area contributed by atoms with E-state index in [2.05, 4.69) is 234 Å². The van der Waals surface area contributed by atoms with Crippen LogP contribution >= 0.6 is 15.6 Å². The minimum Gasteiger partial charge on any atom is -0.462 e. The first-order chi connectivity index (χ1) is 53.7. The molecule has 620 valence electrons. The van der Waals surface area contributed by atoms with E-state index in [1.54, 1.807) is 0 Å². The van der Waals surface area contributed by atoms with Gasteiger partial charge in [0, 0.05) is 25.7 Å². The van der Waals surface area contributed by atoms with Crippen LogP contribution in [0.25, 0.3) is 0 Å². The van der Waals surface area contributed by atoms with E-state index in [9.17, 15) is 43.2 Å². The van der Waals surface area contributed by atoms with Crippen LogP contribution in [-0.4, -0.2) is 96.7 Å². The minimum absolute atomic E-state index is 0.0308. The van der Waals surface area contributed by atoms with Crippen LogP contribution < -0.4 is 0 Å². The molecule has 0 aliphatic rings. The molecule has 0 saturated carbocycles. The molecule has 0 saturated heterocycles. The number of esters is 4. The molecule has 0 radical (unpaired) electrons. The highest BCUT2D eigenvalue weighted by Gasteiger charge is 2.30. The number of allylic oxidation sites excluding steroid dienone is 34. The monoisotopic (exact) mass is 1570 g/mol. The first kappa shape index (κ1) is 104. The topological polar surface area (TPSA) is 237 Å². The van der Waals surface area contributed by atoms with Crippen molar-refractivity contribution >= 4 is 39.5 Å². The Morgan fingerprint density at radius 2 is 0.445 bits per heavy atom. The zero-order chi connectivity index (χ0) is 80.3. The van der Waals surface area contributed by atoms with Crippen molar-refractivity contribution in [2.45, 2.75) is 303 Å². The van der Waals surface area contributed by atoms with Crippen LogP contribution in [0.1, 0.15) is 285 Å². The quantitative estimate of drug-likeness (QED) is 0.0169. The van der Waals surface area contributed by atoms with Crippen LogP contribution in [0.5, 0.6) is 0 Å². The molecule has 0 aromatic heterocycles. The Kier molecular flexibility index (Phi) is 76.0. The maximum absolute atomic E-state index is 13.1. The molecule has 0 rings (SSSR count). The first-order valence-electron chi connectivity index (χ1n) is 41.3. The van der Waals surface area contributed by atoms with Crippen molar-refractivity contribution in [2.24, 2.45) is 0 Å². The van der Waals surface area contributed by atoms with Crippen molar-refractivity contribution in [2.75, 3.05) is 39.6 Å². The lowest BCUT2D eigenvalue weighted by Crippen LogP contribution is -2.30. The molecule has 0 aromatic carbocycles. The molecule has 0 heterocycles. The average Bonchev–Trinajstić information content (AvgIpc) is 0.900. The highest BCUT2D eigenvalue weighted by atomic mass is 31.2. The van der Waals surface area contributed by atoms with Gasteiger partial charge in [0.25, 0.3) is 0 Å². The summed E-state index contributed by atoms with van der Waals surface area (Å²) in [5, 5.41) is 10.7. The van der Waals surface area contributed by atoms with Gasteiger partial charge in [0.1, 0.15) is 19.3 Å². The molecule has 19 heteroatoms. The Labute approximate surface area is 665 Å².